The number of aromatic nitrogens is 1. The summed E-state index contributed by atoms with van der Waals surface area (Å²) in [4.78, 5) is 19.1. The third-order valence-electron chi connectivity index (χ3n) is 5.30. The Bertz CT molecular complexity index is 983. The molecule has 1 amide bonds. The number of carbonyl (C=O) groups excluding carboxylic acids is 1. The molecular weight excluding hydrogens is 364 g/mol. The predicted molar refractivity (Wildman–Crippen MR) is 116 cm³/mol. The second kappa shape index (κ2) is 8.92. The number of amides is 1. The first-order valence-corrected chi connectivity index (χ1v) is 9.98. The molecule has 2 N–H and O–H groups in total. The smallest absolute Gasteiger partial charge is 0.238 e. The van der Waals surface area contributed by atoms with Crippen molar-refractivity contribution < 1.29 is 9.53 Å². The predicted octanol–water partition coefficient (Wildman–Crippen LogP) is 3.76. The number of methoxy groups -OCH3 is 1. The highest BCUT2D eigenvalue weighted by atomic mass is 16.5. The molecular formula is C23H26N4O2. The van der Waals surface area contributed by atoms with Crippen molar-refractivity contribution in [3.8, 4) is 5.75 Å². The molecule has 6 nitrogen and oxygen atoms in total. The van der Waals surface area contributed by atoms with Crippen molar-refractivity contribution in [2.45, 2.75) is 18.9 Å². The molecule has 29 heavy (non-hydrogen) atoms. The van der Waals surface area contributed by atoms with Crippen LogP contribution in [0.4, 0.5) is 11.4 Å². The molecule has 6 heteroatoms. The first-order chi connectivity index (χ1) is 14.2. The van der Waals surface area contributed by atoms with E-state index < -0.39 is 0 Å². The van der Waals surface area contributed by atoms with Crippen LogP contribution in [0, 0.1) is 0 Å². The van der Waals surface area contributed by atoms with Crippen LogP contribution in [0.3, 0.4) is 0 Å². The first kappa shape index (κ1) is 19.2. The van der Waals surface area contributed by atoms with E-state index in [9.17, 15) is 4.79 Å². The van der Waals surface area contributed by atoms with Crippen molar-refractivity contribution in [2.75, 3.05) is 37.4 Å². The van der Waals surface area contributed by atoms with E-state index in [-0.39, 0.29) is 5.91 Å². The largest absolute Gasteiger partial charge is 0.495 e. The first-order valence-electron chi connectivity index (χ1n) is 9.98. The summed E-state index contributed by atoms with van der Waals surface area (Å²) in [5, 5.41) is 7.56. The van der Waals surface area contributed by atoms with Crippen LogP contribution in [-0.4, -0.2) is 48.6 Å². The Kier molecular flexibility index (Phi) is 5.91. The summed E-state index contributed by atoms with van der Waals surface area (Å²) in [6.45, 7) is 2.17. The van der Waals surface area contributed by atoms with E-state index in [0.717, 1.165) is 54.0 Å². The molecule has 2 heterocycles. The molecule has 3 aromatic rings. The fourth-order valence-corrected chi connectivity index (χ4v) is 3.76. The summed E-state index contributed by atoms with van der Waals surface area (Å²) in [6.07, 6.45) is 3.69. The van der Waals surface area contributed by atoms with E-state index in [2.05, 4.69) is 20.5 Å². The molecule has 0 atom stereocenters. The van der Waals surface area contributed by atoms with Gasteiger partial charge in [0.15, 0.2) is 0 Å². The van der Waals surface area contributed by atoms with Gasteiger partial charge in [-0.2, -0.15) is 0 Å². The molecule has 1 aromatic heterocycles. The molecule has 0 unspecified atom stereocenters. The molecule has 4 rings (SSSR count). The fourth-order valence-electron chi connectivity index (χ4n) is 3.76. The maximum atomic E-state index is 12.5. The van der Waals surface area contributed by atoms with Crippen LogP contribution in [0.1, 0.15) is 12.8 Å². The summed E-state index contributed by atoms with van der Waals surface area (Å²) in [7, 11) is 1.69. The number of hydrogen-bond donors (Lipinski definition) is 2. The number of likely N-dealkylation sites (tertiary alicyclic amines) is 1. The molecule has 1 saturated heterocycles. The van der Waals surface area contributed by atoms with Crippen molar-refractivity contribution in [3.63, 3.8) is 0 Å². The topological polar surface area (TPSA) is 66.5 Å². The monoisotopic (exact) mass is 390 g/mol. The number of hydrogen-bond acceptors (Lipinski definition) is 5. The average Bonchev–Trinajstić information content (AvgIpc) is 2.75. The summed E-state index contributed by atoms with van der Waals surface area (Å²) in [6, 6.07) is 18.2. The Morgan fingerprint density at radius 3 is 2.72 bits per heavy atom. The van der Waals surface area contributed by atoms with E-state index in [0.29, 0.717) is 12.6 Å². The second-order valence-electron chi connectivity index (χ2n) is 7.36. The number of pyridine rings is 1. The Hall–Kier alpha value is -3.12. The lowest BCUT2D eigenvalue weighted by Gasteiger charge is -2.32. The lowest BCUT2D eigenvalue weighted by Crippen LogP contribution is -2.42. The maximum absolute atomic E-state index is 12.5. The van der Waals surface area contributed by atoms with E-state index in [4.69, 9.17) is 4.74 Å². The van der Waals surface area contributed by atoms with Gasteiger partial charge < -0.3 is 15.4 Å². The zero-order valence-electron chi connectivity index (χ0n) is 16.6. The number of nitrogens with zero attached hydrogens (tertiary/aromatic N) is 2. The third kappa shape index (κ3) is 4.84. The average molecular weight is 390 g/mol. The lowest BCUT2D eigenvalue weighted by molar-refractivity contribution is -0.117. The number of nitrogens with one attached hydrogen (secondary N) is 2. The van der Waals surface area contributed by atoms with Gasteiger partial charge in [-0.25, -0.2) is 0 Å². The standard InChI is InChI=1S/C23H26N4O2/c1-29-22-9-5-4-8-21(22)25-18-10-12-27(13-11-18)16-23(28)26-19-14-17-6-2-3-7-20(17)24-15-19/h2-9,14-15,18,25H,10-13,16H2,1H3,(H,26,28). The molecule has 1 aliphatic rings. The fraction of sp³-hybridized carbons (Fsp3) is 0.304. The van der Waals surface area contributed by atoms with Gasteiger partial charge >= 0.3 is 0 Å². The zero-order valence-corrected chi connectivity index (χ0v) is 16.6. The summed E-state index contributed by atoms with van der Waals surface area (Å²) >= 11 is 0. The number of ether oxygens (including phenoxy) is 1. The highest BCUT2D eigenvalue weighted by Gasteiger charge is 2.21. The Labute approximate surface area is 170 Å². The van der Waals surface area contributed by atoms with E-state index >= 15 is 0 Å². The van der Waals surface area contributed by atoms with Crippen LogP contribution in [-0.2, 0) is 4.79 Å². The van der Waals surface area contributed by atoms with Crippen LogP contribution >= 0.6 is 0 Å². The summed E-state index contributed by atoms with van der Waals surface area (Å²) in [5.41, 5.74) is 2.69. The van der Waals surface area contributed by atoms with Gasteiger partial charge in [0, 0.05) is 24.5 Å². The normalized spacial score (nSPS) is 15.2. The molecule has 0 saturated carbocycles. The quantitative estimate of drug-likeness (QED) is 0.671. The number of piperidine rings is 1. The number of carbonyl (C=O) groups is 1. The summed E-state index contributed by atoms with van der Waals surface area (Å²) < 4.78 is 5.41. The number of fused-ring (bicyclic) bond motifs is 1. The van der Waals surface area contributed by atoms with E-state index in [1.807, 2.05) is 54.6 Å². The molecule has 2 aromatic carbocycles. The van der Waals surface area contributed by atoms with Gasteiger partial charge in [0.05, 0.1) is 36.7 Å². The molecule has 0 aliphatic carbocycles. The molecule has 1 fully saturated rings. The summed E-state index contributed by atoms with van der Waals surface area (Å²) in [5.74, 6) is 0.858. The van der Waals surface area contributed by atoms with Crippen molar-refractivity contribution in [3.05, 3.63) is 60.8 Å². The van der Waals surface area contributed by atoms with Gasteiger partial charge in [0.2, 0.25) is 5.91 Å². The number of anilines is 2. The van der Waals surface area contributed by atoms with Crippen LogP contribution in [0.25, 0.3) is 10.9 Å². The minimum absolute atomic E-state index is 0.00165. The molecule has 0 bridgehead atoms. The zero-order chi connectivity index (χ0) is 20.1. The Balaban J connectivity index is 1.27. The van der Waals surface area contributed by atoms with Gasteiger partial charge in [0.1, 0.15) is 5.75 Å². The van der Waals surface area contributed by atoms with Gasteiger partial charge in [0.25, 0.3) is 0 Å². The van der Waals surface area contributed by atoms with Crippen LogP contribution in [0.5, 0.6) is 5.75 Å². The number of para-hydroxylation sites is 3. The van der Waals surface area contributed by atoms with Gasteiger partial charge in [-0.3, -0.25) is 14.7 Å². The van der Waals surface area contributed by atoms with Crippen LogP contribution in [0.15, 0.2) is 60.8 Å². The van der Waals surface area contributed by atoms with E-state index in [1.54, 1.807) is 13.3 Å². The number of rotatable bonds is 6. The second-order valence-corrected chi connectivity index (χ2v) is 7.36. The van der Waals surface area contributed by atoms with Gasteiger partial charge in [-0.1, -0.05) is 30.3 Å². The Morgan fingerprint density at radius 2 is 1.90 bits per heavy atom. The van der Waals surface area contributed by atoms with Gasteiger partial charge in [-0.05, 0) is 37.1 Å². The highest BCUT2D eigenvalue weighted by molar-refractivity contribution is 5.94. The highest BCUT2D eigenvalue weighted by Crippen LogP contribution is 2.26. The molecule has 0 radical (unpaired) electrons. The van der Waals surface area contributed by atoms with Gasteiger partial charge in [-0.15, -0.1) is 0 Å². The van der Waals surface area contributed by atoms with Crippen molar-refractivity contribution in [1.82, 2.24) is 9.88 Å². The molecule has 0 spiro atoms. The van der Waals surface area contributed by atoms with E-state index in [1.165, 1.54) is 0 Å². The van der Waals surface area contributed by atoms with Crippen molar-refractivity contribution in [1.29, 1.82) is 0 Å². The third-order valence-corrected chi connectivity index (χ3v) is 5.30. The van der Waals surface area contributed by atoms with Crippen LogP contribution in [0.2, 0.25) is 0 Å². The number of benzene rings is 2. The molecule has 150 valence electrons. The SMILES string of the molecule is COc1ccccc1NC1CCN(CC(=O)Nc2cnc3ccccc3c2)CC1. The molecule has 1 aliphatic heterocycles. The maximum Gasteiger partial charge on any atom is 0.238 e. The minimum atomic E-state index is -0.00165. The van der Waals surface area contributed by atoms with Crippen molar-refractivity contribution in [2.24, 2.45) is 0 Å². The van der Waals surface area contributed by atoms with Crippen molar-refractivity contribution >= 4 is 28.2 Å². The minimum Gasteiger partial charge on any atom is -0.495 e. The lowest BCUT2D eigenvalue weighted by atomic mass is 10.0. The Morgan fingerprint density at radius 1 is 1.14 bits per heavy atom. The van der Waals surface area contributed by atoms with Crippen LogP contribution < -0.4 is 15.4 Å².